The third-order valence-electron chi connectivity index (χ3n) is 4.14. The molecule has 0 aromatic heterocycles. The molecule has 22 heavy (non-hydrogen) atoms. The van der Waals surface area contributed by atoms with Crippen LogP contribution < -0.4 is 0 Å². The minimum absolute atomic E-state index is 0.189. The molecule has 0 spiro atoms. The van der Waals surface area contributed by atoms with E-state index in [1.165, 1.54) is 5.56 Å². The number of hydrogen-bond donors (Lipinski definition) is 1. The van der Waals surface area contributed by atoms with Gasteiger partial charge in [0.05, 0.1) is 12.6 Å². The molecular weight excluding hydrogens is 276 g/mol. The average molecular weight is 304 g/mol. The van der Waals surface area contributed by atoms with Crippen LogP contribution in [0.5, 0.6) is 0 Å². The Balaban J connectivity index is 2.00. The van der Waals surface area contributed by atoms with Crippen molar-refractivity contribution in [2.45, 2.75) is 58.6 Å². The first kappa shape index (κ1) is 17.0. The van der Waals surface area contributed by atoms with Crippen LogP contribution in [0.2, 0.25) is 0 Å². The van der Waals surface area contributed by atoms with E-state index in [2.05, 4.69) is 36.2 Å². The minimum atomic E-state index is -0.327. The fourth-order valence-corrected chi connectivity index (χ4v) is 2.85. The second-order valence-electron chi connectivity index (χ2n) is 6.21. The van der Waals surface area contributed by atoms with E-state index in [4.69, 9.17) is 0 Å². The number of aliphatic hydroxyl groups is 1. The molecule has 1 aromatic carbocycles. The van der Waals surface area contributed by atoms with Crippen LogP contribution in [-0.4, -0.2) is 40.2 Å². The van der Waals surface area contributed by atoms with Crippen molar-refractivity contribution in [3.8, 4) is 0 Å². The molecule has 1 amide bonds. The highest BCUT2D eigenvalue weighted by Crippen LogP contribution is 2.17. The second-order valence-corrected chi connectivity index (χ2v) is 6.21. The normalized spacial score (nSPS) is 17.8. The maximum absolute atomic E-state index is 12.2. The monoisotopic (exact) mass is 304 g/mol. The van der Waals surface area contributed by atoms with E-state index in [1.54, 1.807) is 6.92 Å². The number of hydrazine groups is 1. The molecule has 0 aliphatic carbocycles. The van der Waals surface area contributed by atoms with Crippen molar-refractivity contribution in [3.63, 3.8) is 0 Å². The lowest BCUT2D eigenvalue weighted by molar-refractivity contribution is -0.158. The van der Waals surface area contributed by atoms with Crippen LogP contribution in [0, 0.1) is 0 Å². The molecule has 0 saturated carbocycles. The molecule has 1 unspecified atom stereocenters. The van der Waals surface area contributed by atoms with Crippen LogP contribution in [-0.2, 0) is 17.8 Å². The number of aryl methyl sites for hydroxylation is 1. The Morgan fingerprint density at radius 3 is 2.55 bits per heavy atom. The number of amides is 1. The number of hydrogen-bond acceptors (Lipinski definition) is 3. The van der Waals surface area contributed by atoms with Crippen LogP contribution in [0.1, 0.15) is 50.7 Å². The average Bonchev–Trinajstić information content (AvgIpc) is 2.50. The molecule has 2 rings (SSSR count). The van der Waals surface area contributed by atoms with Gasteiger partial charge in [0.2, 0.25) is 5.91 Å². The van der Waals surface area contributed by atoms with Crippen molar-refractivity contribution in [3.05, 3.63) is 35.4 Å². The van der Waals surface area contributed by atoms with Crippen LogP contribution in [0.4, 0.5) is 0 Å². The zero-order valence-corrected chi connectivity index (χ0v) is 13.8. The molecule has 1 aliphatic rings. The third-order valence-corrected chi connectivity index (χ3v) is 4.14. The molecule has 1 N–H and O–H groups in total. The highest BCUT2D eigenvalue weighted by molar-refractivity contribution is 5.76. The molecule has 1 fully saturated rings. The Hall–Kier alpha value is -1.39. The van der Waals surface area contributed by atoms with Gasteiger partial charge in [-0.3, -0.25) is 9.80 Å². The van der Waals surface area contributed by atoms with Crippen molar-refractivity contribution < 1.29 is 9.90 Å². The topological polar surface area (TPSA) is 43.8 Å². The second kappa shape index (κ2) is 8.30. The Kier molecular flexibility index (Phi) is 6.40. The first-order chi connectivity index (χ1) is 10.6. The molecule has 4 heteroatoms. The Morgan fingerprint density at radius 1 is 1.23 bits per heavy atom. The lowest BCUT2D eigenvalue weighted by Crippen LogP contribution is -2.50. The van der Waals surface area contributed by atoms with Gasteiger partial charge in [0.1, 0.15) is 0 Å². The molecule has 1 aromatic rings. The maximum atomic E-state index is 12.2. The van der Waals surface area contributed by atoms with E-state index in [0.29, 0.717) is 19.4 Å². The molecule has 0 bridgehead atoms. The van der Waals surface area contributed by atoms with Gasteiger partial charge in [-0.1, -0.05) is 37.6 Å². The van der Waals surface area contributed by atoms with Gasteiger partial charge in [-0.2, -0.15) is 0 Å². The summed E-state index contributed by atoms with van der Waals surface area (Å²) >= 11 is 0. The molecule has 122 valence electrons. The van der Waals surface area contributed by atoms with Crippen molar-refractivity contribution >= 4 is 5.91 Å². The van der Waals surface area contributed by atoms with E-state index in [9.17, 15) is 9.90 Å². The van der Waals surface area contributed by atoms with Gasteiger partial charge in [-0.05, 0) is 37.3 Å². The van der Waals surface area contributed by atoms with Crippen LogP contribution in [0.25, 0.3) is 0 Å². The summed E-state index contributed by atoms with van der Waals surface area (Å²) in [5.74, 6) is 0.189. The van der Waals surface area contributed by atoms with Crippen LogP contribution in [0.15, 0.2) is 24.3 Å². The fraction of sp³-hybridized carbons (Fsp3) is 0.611. The van der Waals surface area contributed by atoms with Crippen molar-refractivity contribution in [2.75, 3.05) is 13.1 Å². The van der Waals surface area contributed by atoms with E-state index in [1.807, 2.05) is 5.01 Å². The van der Waals surface area contributed by atoms with Gasteiger partial charge in [0.25, 0.3) is 0 Å². The Morgan fingerprint density at radius 2 is 1.91 bits per heavy atom. The van der Waals surface area contributed by atoms with E-state index >= 15 is 0 Å². The molecule has 4 nitrogen and oxygen atoms in total. The number of carbonyl (C=O) groups is 1. The summed E-state index contributed by atoms with van der Waals surface area (Å²) in [5, 5.41) is 13.4. The van der Waals surface area contributed by atoms with E-state index in [-0.39, 0.29) is 12.0 Å². The highest BCUT2D eigenvalue weighted by atomic mass is 16.3. The van der Waals surface area contributed by atoms with Gasteiger partial charge in [-0.15, -0.1) is 0 Å². The zero-order chi connectivity index (χ0) is 15.9. The summed E-state index contributed by atoms with van der Waals surface area (Å²) < 4.78 is 0. The number of rotatable bonds is 7. The molecule has 1 atom stereocenters. The summed E-state index contributed by atoms with van der Waals surface area (Å²) in [4.78, 5) is 12.2. The summed E-state index contributed by atoms with van der Waals surface area (Å²) in [6.45, 7) is 6.23. The van der Waals surface area contributed by atoms with Crippen molar-refractivity contribution in [1.29, 1.82) is 0 Å². The first-order valence-electron chi connectivity index (χ1n) is 8.41. The lowest BCUT2D eigenvalue weighted by atomic mass is 10.1. The SMILES string of the molecule is CCCc1ccc(CN2C(=O)CCCN2CCC(C)O)cc1. The summed E-state index contributed by atoms with van der Waals surface area (Å²) in [5.41, 5.74) is 2.51. The van der Waals surface area contributed by atoms with E-state index < -0.39 is 0 Å². The molecular formula is C18H28N2O2. The lowest BCUT2D eigenvalue weighted by Gasteiger charge is -2.39. The maximum Gasteiger partial charge on any atom is 0.237 e. The van der Waals surface area contributed by atoms with Gasteiger partial charge in [0.15, 0.2) is 0 Å². The molecule has 1 heterocycles. The van der Waals surface area contributed by atoms with Gasteiger partial charge in [-0.25, -0.2) is 5.01 Å². The Bertz CT molecular complexity index is 470. The third kappa shape index (κ3) is 4.82. The summed E-state index contributed by atoms with van der Waals surface area (Å²) in [6, 6.07) is 8.57. The smallest absolute Gasteiger partial charge is 0.237 e. The predicted octanol–water partition coefficient (Wildman–Crippen LogP) is 2.75. The van der Waals surface area contributed by atoms with Gasteiger partial charge < -0.3 is 5.11 Å². The zero-order valence-electron chi connectivity index (χ0n) is 13.8. The Labute approximate surface area is 133 Å². The first-order valence-corrected chi connectivity index (χ1v) is 8.41. The van der Waals surface area contributed by atoms with Crippen LogP contribution in [0.3, 0.4) is 0 Å². The molecule has 1 aliphatic heterocycles. The number of carbonyl (C=O) groups excluding carboxylic acids is 1. The van der Waals surface area contributed by atoms with Gasteiger partial charge in [0, 0.05) is 19.5 Å². The largest absolute Gasteiger partial charge is 0.393 e. The molecule has 1 saturated heterocycles. The van der Waals surface area contributed by atoms with Gasteiger partial charge >= 0.3 is 0 Å². The fourth-order valence-electron chi connectivity index (χ4n) is 2.85. The standard InChI is InChI=1S/C18H28N2O2/c1-3-5-16-7-9-17(10-8-16)14-20-18(22)6-4-12-19(20)13-11-15(2)21/h7-10,15,21H,3-6,11-14H2,1-2H3. The summed E-state index contributed by atoms with van der Waals surface area (Å²) in [7, 11) is 0. The minimum Gasteiger partial charge on any atom is -0.393 e. The van der Waals surface area contributed by atoms with Crippen LogP contribution >= 0.6 is 0 Å². The predicted molar refractivity (Wildman–Crippen MR) is 88.1 cm³/mol. The number of aliphatic hydroxyl groups excluding tert-OH is 1. The highest BCUT2D eigenvalue weighted by Gasteiger charge is 2.25. The molecule has 0 radical (unpaired) electrons. The van der Waals surface area contributed by atoms with Crippen molar-refractivity contribution in [1.82, 2.24) is 10.0 Å². The number of benzene rings is 1. The quantitative estimate of drug-likeness (QED) is 0.842. The van der Waals surface area contributed by atoms with Crippen molar-refractivity contribution in [2.24, 2.45) is 0 Å². The van der Waals surface area contributed by atoms with E-state index in [0.717, 1.165) is 37.9 Å². The number of nitrogens with zero attached hydrogens (tertiary/aromatic N) is 2. The summed E-state index contributed by atoms with van der Waals surface area (Å²) in [6.07, 6.45) is 4.15.